The molecule has 2 aromatic carbocycles. The van der Waals surface area contributed by atoms with Gasteiger partial charge in [0.1, 0.15) is 0 Å². The average Bonchev–Trinajstić information content (AvgIpc) is 3.56. The summed E-state index contributed by atoms with van der Waals surface area (Å²) in [6.07, 6.45) is 7.24. The molecule has 1 saturated heterocycles. The van der Waals surface area contributed by atoms with Crippen LogP contribution in [0.3, 0.4) is 0 Å². The summed E-state index contributed by atoms with van der Waals surface area (Å²) in [6.45, 7) is 2.59. The number of hydrogen-bond acceptors (Lipinski definition) is 6. The molecule has 0 bridgehead atoms. The monoisotopic (exact) mass is 476 g/mol. The van der Waals surface area contributed by atoms with E-state index in [4.69, 9.17) is 16.1 Å². The van der Waals surface area contributed by atoms with Crippen LogP contribution in [-0.4, -0.2) is 43.6 Å². The van der Waals surface area contributed by atoms with Gasteiger partial charge in [-0.15, -0.1) is 0 Å². The minimum atomic E-state index is -0.0608. The van der Waals surface area contributed by atoms with Gasteiger partial charge in [0.2, 0.25) is 17.6 Å². The third kappa shape index (κ3) is 5.35. The Hall–Kier alpha value is -3.49. The second kappa shape index (κ2) is 10.2. The second-order valence-corrected chi connectivity index (χ2v) is 8.89. The normalized spacial score (nSPS) is 16.4. The molecule has 4 aromatic rings. The molecule has 3 heterocycles. The second-order valence-electron chi connectivity index (χ2n) is 8.45. The Labute approximate surface area is 202 Å². The van der Waals surface area contributed by atoms with Crippen molar-refractivity contribution in [3.63, 3.8) is 0 Å². The van der Waals surface area contributed by atoms with E-state index in [1.165, 1.54) is 0 Å². The Bertz CT molecular complexity index is 1240. The molecule has 8 nitrogen and oxygen atoms in total. The highest BCUT2D eigenvalue weighted by Crippen LogP contribution is 2.22. The fourth-order valence-electron chi connectivity index (χ4n) is 4.20. The fraction of sp³-hybridized carbons (Fsp3) is 0.280. The topological polar surface area (TPSA) is 89.1 Å². The Morgan fingerprint density at radius 3 is 2.88 bits per heavy atom. The Kier molecular flexibility index (Phi) is 6.69. The van der Waals surface area contributed by atoms with Crippen LogP contribution in [0.25, 0.3) is 17.1 Å². The maximum atomic E-state index is 12.8. The van der Waals surface area contributed by atoms with Crippen molar-refractivity contribution in [2.75, 3.05) is 13.1 Å². The first-order valence-corrected chi connectivity index (χ1v) is 11.7. The van der Waals surface area contributed by atoms with E-state index in [9.17, 15) is 4.79 Å². The summed E-state index contributed by atoms with van der Waals surface area (Å²) >= 11 is 6.06. The summed E-state index contributed by atoms with van der Waals surface area (Å²) in [5, 5.41) is 7.79. The summed E-state index contributed by atoms with van der Waals surface area (Å²) in [5.41, 5.74) is 2.91. The highest BCUT2D eigenvalue weighted by Gasteiger charge is 2.26. The quantitative estimate of drug-likeness (QED) is 0.432. The molecule has 2 aromatic heterocycles. The number of carbonyl (C=O) groups is 1. The van der Waals surface area contributed by atoms with Crippen LogP contribution < -0.4 is 5.32 Å². The molecule has 174 valence electrons. The van der Waals surface area contributed by atoms with Gasteiger partial charge in [0.05, 0.1) is 18.8 Å². The standard InChI is InChI=1S/C25H25ClN6O2/c26-21-5-1-3-19(13-21)24-29-23(34-30-24)16-31-11-2-4-20(15-31)25(33)28-14-18-6-8-22(9-7-18)32-12-10-27-17-32/h1,3,5-10,12-13,17,20H,2,4,11,14-16H2,(H,28,33). The first kappa shape index (κ1) is 22.3. The number of piperidine rings is 1. The van der Waals surface area contributed by atoms with Crippen LogP contribution in [0.15, 0.2) is 71.8 Å². The molecule has 1 fully saturated rings. The van der Waals surface area contributed by atoms with Crippen molar-refractivity contribution in [2.24, 2.45) is 5.92 Å². The lowest BCUT2D eigenvalue weighted by atomic mass is 9.97. The molecule has 1 amide bonds. The molecule has 0 aliphatic carbocycles. The number of hydrogen-bond donors (Lipinski definition) is 1. The maximum absolute atomic E-state index is 12.8. The van der Waals surface area contributed by atoms with Crippen molar-refractivity contribution < 1.29 is 9.32 Å². The predicted molar refractivity (Wildman–Crippen MR) is 128 cm³/mol. The molecule has 1 aliphatic heterocycles. The van der Waals surface area contributed by atoms with E-state index in [2.05, 4.69) is 25.3 Å². The smallest absolute Gasteiger partial charge is 0.241 e. The number of likely N-dealkylation sites (tertiary alicyclic amines) is 1. The summed E-state index contributed by atoms with van der Waals surface area (Å²) in [7, 11) is 0. The first-order valence-electron chi connectivity index (χ1n) is 11.3. The number of benzene rings is 2. The van der Waals surface area contributed by atoms with Gasteiger partial charge in [0.15, 0.2) is 0 Å². The molecular formula is C25H25ClN6O2. The molecular weight excluding hydrogens is 452 g/mol. The number of nitrogens with zero attached hydrogens (tertiary/aromatic N) is 5. The average molecular weight is 477 g/mol. The zero-order chi connectivity index (χ0) is 23.3. The van der Waals surface area contributed by atoms with Crippen LogP contribution >= 0.6 is 11.6 Å². The third-order valence-electron chi connectivity index (χ3n) is 5.99. The van der Waals surface area contributed by atoms with Gasteiger partial charge in [-0.1, -0.05) is 41.0 Å². The largest absolute Gasteiger partial charge is 0.352 e. The van der Waals surface area contributed by atoms with Gasteiger partial charge in [-0.05, 0) is 49.2 Å². The fourth-order valence-corrected chi connectivity index (χ4v) is 4.39. The van der Waals surface area contributed by atoms with Crippen LogP contribution in [0.2, 0.25) is 5.02 Å². The van der Waals surface area contributed by atoms with Crippen molar-refractivity contribution in [1.29, 1.82) is 0 Å². The molecule has 5 rings (SSSR count). The zero-order valence-electron chi connectivity index (χ0n) is 18.6. The van der Waals surface area contributed by atoms with Gasteiger partial charge >= 0.3 is 0 Å². The number of aromatic nitrogens is 4. The summed E-state index contributed by atoms with van der Waals surface area (Å²) in [4.78, 5) is 23.6. The Balaban J connectivity index is 1.13. The number of rotatable bonds is 7. The molecule has 0 radical (unpaired) electrons. The van der Waals surface area contributed by atoms with Crippen molar-refractivity contribution in [3.05, 3.63) is 83.7 Å². The van der Waals surface area contributed by atoms with Crippen LogP contribution in [-0.2, 0) is 17.9 Å². The van der Waals surface area contributed by atoms with Crippen molar-refractivity contribution in [2.45, 2.75) is 25.9 Å². The summed E-state index contributed by atoms with van der Waals surface area (Å²) < 4.78 is 7.39. The number of imidazole rings is 1. The van der Waals surface area contributed by atoms with E-state index in [1.54, 1.807) is 12.5 Å². The van der Waals surface area contributed by atoms with Gasteiger partial charge in [0.25, 0.3) is 0 Å². The van der Waals surface area contributed by atoms with Crippen molar-refractivity contribution in [1.82, 2.24) is 29.9 Å². The van der Waals surface area contributed by atoms with E-state index in [-0.39, 0.29) is 11.8 Å². The molecule has 34 heavy (non-hydrogen) atoms. The minimum Gasteiger partial charge on any atom is -0.352 e. The zero-order valence-corrected chi connectivity index (χ0v) is 19.4. The molecule has 9 heteroatoms. The number of amides is 1. The van der Waals surface area contributed by atoms with E-state index in [0.717, 1.165) is 36.2 Å². The Morgan fingerprint density at radius 1 is 1.21 bits per heavy atom. The lowest BCUT2D eigenvalue weighted by molar-refractivity contribution is -0.127. The first-order chi connectivity index (χ1) is 16.6. The molecule has 1 unspecified atom stereocenters. The van der Waals surface area contributed by atoms with Gasteiger partial charge in [0, 0.05) is 41.8 Å². The van der Waals surface area contributed by atoms with Crippen molar-refractivity contribution >= 4 is 17.5 Å². The summed E-state index contributed by atoms with van der Waals surface area (Å²) in [5.74, 6) is 1.07. The number of carbonyl (C=O) groups excluding carboxylic acids is 1. The molecule has 0 spiro atoms. The highest BCUT2D eigenvalue weighted by molar-refractivity contribution is 6.30. The number of nitrogens with one attached hydrogen (secondary N) is 1. The maximum Gasteiger partial charge on any atom is 0.241 e. The molecule has 1 atom stereocenters. The van der Waals surface area contributed by atoms with Crippen molar-refractivity contribution in [3.8, 4) is 17.1 Å². The lowest BCUT2D eigenvalue weighted by Gasteiger charge is -2.30. The van der Waals surface area contributed by atoms with E-state index in [1.807, 2.05) is 59.3 Å². The van der Waals surface area contributed by atoms with E-state index >= 15 is 0 Å². The van der Waals surface area contributed by atoms with Gasteiger partial charge in [-0.25, -0.2) is 4.98 Å². The molecule has 0 saturated carbocycles. The van der Waals surface area contributed by atoms with Crippen LogP contribution in [0.4, 0.5) is 0 Å². The highest BCUT2D eigenvalue weighted by atomic mass is 35.5. The van der Waals surface area contributed by atoms with Crippen LogP contribution in [0, 0.1) is 5.92 Å². The summed E-state index contributed by atoms with van der Waals surface area (Å²) in [6, 6.07) is 15.5. The lowest BCUT2D eigenvalue weighted by Crippen LogP contribution is -2.42. The van der Waals surface area contributed by atoms with Gasteiger partial charge in [-0.2, -0.15) is 4.98 Å². The Morgan fingerprint density at radius 2 is 2.09 bits per heavy atom. The number of halogens is 1. The van der Waals surface area contributed by atoms with Gasteiger partial charge < -0.3 is 14.4 Å². The SMILES string of the molecule is O=C(NCc1ccc(-n2ccnc2)cc1)C1CCCN(Cc2nc(-c3cccc(Cl)c3)no2)C1. The minimum absolute atomic E-state index is 0.0608. The van der Waals surface area contributed by atoms with Crippen LogP contribution in [0.1, 0.15) is 24.3 Å². The van der Waals surface area contributed by atoms with E-state index in [0.29, 0.717) is 36.4 Å². The predicted octanol–water partition coefficient (Wildman–Crippen LogP) is 4.10. The van der Waals surface area contributed by atoms with Crippen LogP contribution in [0.5, 0.6) is 0 Å². The molecule has 1 aliphatic rings. The van der Waals surface area contributed by atoms with Gasteiger partial charge in [-0.3, -0.25) is 9.69 Å². The molecule has 1 N–H and O–H groups in total. The van der Waals surface area contributed by atoms with E-state index < -0.39 is 0 Å². The third-order valence-corrected chi connectivity index (χ3v) is 6.23.